The molecule has 2 aromatic rings. The highest BCUT2D eigenvalue weighted by Gasteiger charge is 2.32. The molecule has 4 heterocycles. The minimum atomic E-state index is -3.01. The Bertz CT molecular complexity index is 913. The van der Waals surface area contributed by atoms with Crippen molar-refractivity contribution in [3.63, 3.8) is 0 Å². The summed E-state index contributed by atoms with van der Waals surface area (Å²) < 4.78 is 29.7. The molecule has 2 atom stereocenters. The molecule has 0 radical (unpaired) electrons. The van der Waals surface area contributed by atoms with Crippen molar-refractivity contribution in [1.29, 1.82) is 0 Å². The molecule has 26 heavy (non-hydrogen) atoms. The molecule has 0 fully saturated rings. The third-order valence-corrected chi connectivity index (χ3v) is 6.95. The predicted octanol–water partition coefficient (Wildman–Crippen LogP) is 2.57. The number of nitrogens with one attached hydrogen (secondary N) is 2. The SMILES string of the molecule is CC(C)c1n[nH]c2c1COCC(CC(C)c1n[nH]c3c1CS(=O)(=O)C3)C2. The summed E-state index contributed by atoms with van der Waals surface area (Å²) in [4.78, 5) is 0. The first-order valence-electron chi connectivity index (χ1n) is 9.24. The number of hydrogen-bond acceptors (Lipinski definition) is 5. The van der Waals surface area contributed by atoms with Gasteiger partial charge in [0.25, 0.3) is 0 Å². The van der Waals surface area contributed by atoms with E-state index in [1.807, 2.05) is 0 Å². The van der Waals surface area contributed by atoms with E-state index >= 15 is 0 Å². The number of fused-ring (bicyclic) bond motifs is 2. The van der Waals surface area contributed by atoms with Gasteiger partial charge in [-0.25, -0.2) is 8.42 Å². The van der Waals surface area contributed by atoms with E-state index in [1.54, 1.807) is 0 Å². The van der Waals surface area contributed by atoms with Crippen LogP contribution in [0.1, 0.15) is 72.9 Å². The van der Waals surface area contributed by atoms with Gasteiger partial charge in [0.2, 0.25) is 0 Å². The third kappa shape index (κ3) is 3.20. The number of H-pyrrole nitrogens is 2. The molecule has 0 aliphatic carbocycles. The van der Waals surface area contributed by atoms with Crippen molar-refractivity contribution in [3.8, 4) is 0 Å². The maximum Gasteiger partial charge on any atom is 0.160 e. The first kappa shape index (κ1) is 17.7. The highest BCUT2D eigenvalue weighted by molar-refractivity contribution is 7.90. The molecule has 8 heteroatoms. The quantitative estimate of drug-likeness (QED) is 0.851. The van der Waals surface area contributed by atoms with Crippen LogP contribution in [-0.4, -0.2) is 35.4 Å². The van der Waals surface area contributed by atoms with Crippen molar-refractivity contribution in [2.75, 3.05) is 6.61 Å². The fourth-order valence-corrected chi connectivity index (χ4v) is 5.80. The van der Waals surface area contributed by atoms with E-state index in [4.69, 9.17) is 4.74 Å². The second-order valence-corrected chi connectivity index (χ2v) is 10.1. The second kappa shape index (κ2) is 6.49. The molecule has 0 aromatic carbocycles. The number of sulfone groups is 1. The lowest BCUT2D eigenvalue weighted by Gasteiger charge is -2.18. The van der Waals surface area contributed by atoms with E-state index in [2.05, 4.69) is 41.2 Å². The van der Waals surface area contributed by atoms with Gasteiger partial charge in [-0.15, -0.1) is 0 Å². The number of rotatable bonds is 4. The van der Waals surface area contributed by atoms with E-state index < -0.39 is 9.84 Å². The normalized spacial score (nSPS) is 22.8. The summed E-state index contributed by atoms with van der Waals surface area (Å²) in [5, 5.41) is 15.0. The number of aromatic nitrogens is 4. The largest absolute Gasteiger partial charge is 0.376 e. The lowest BCUT2D eigenvalue weighted by molar-refractivity contribution is 0.0894. The maximum atomic E-state index is 11.9. The standard InChI is InChI=1S/C18H26N4O3S/c1-10(2)17-13-7-25-6-12(5-15(13)19-21-17)4-11(3)18-14-8-26(23,24)9-16(14)20-22-18/h10-12H,4-9H2,1-3H3,(H,19,21)(H,20,22). The Balaban J connectivity index is 1.50. The van der Waals surface area contributed by atoms with Crippen LogP contribution in [0.4, 0.5) is 0 Å². The van der Waals surface area contributed by atoms with Crippen LogP contribution in [0.15, 0.2) is 0 Å². The van der Waals surface area contributed by atoms with Crippen LogP contribution in [-0.2, 0) is 39.1 Å². The lowest BCUT2D eigenvalue weighted by Crippen LogP contribution is -2.14. The number of aromatic amines is 2. The van der Waals surface area contributed by atoms with Crippen molar-refractivity contribution >= 4 is 9.84 Å². The Labute approximate surface area is 153 Å². The summed E-state index contributed by atoms with van der Waals surface area (Å²) >= 11 is 0. The van der Waals surface area contributed by atoms with Crippen LogP contribution in [0.25, 0.3) is 0 Å². The molecule has 0 saturated heterocycles. The Kier molecular flexibility index (Phi) is 4.43. The average Bonchev–Trinajstić information content (AvgIpc) is 3.15. The molecule has 0 bridgehead atoms. The van der Waals surface area contributed by atoms with Crippen molar-refractivity contribution in [3.05, 3.63) is 33.9 Å². The molecule has 2 unspecified atom stereocenters. The minimum Gasteiger partial charge on any atom is -0.376 e. The van der Waals surface area contributed by atoms with E-state index in [-0.39, 0.29) is 17.4 Å². The molecule has 2 aliphatic rings. The van der Waals surface area contributed by atoms with Gasteiger partial charge in [0, 0.05) is 22.7 Å². The molecule has 2 aromatic heterocycles. The smallest absolute Gasteiger partial charge is 0.160 e. The van der Waals surface area contributed by atoms with Crippen LogP contribution in [0.2, 0.25) is 0 Å². The van der Waals surface area contributed by atoms with Crippen LogP contribution in [0, 0.1) is 5.92 Å². The Morgan fingerprint density at radius 3 is 2.58 bits per heavy atom. The van der Waals surface area contributed by atoms with E-state index in [0.717, 1.165) is 35.5 Å². The van der Waals surface area contributed by atoms with Gasteiger partial charge < -0.3 is 4.74 Å². The first-order valence-corrected chi connectivity index (χ1v) is 11.1. The molecule has 2 aliphatic heterocycles. The number of ether oxygens (including phenoxy) is 1. The lowest BCUT2D eigenvalue weighted by atomic mass is 9.89. The highest BCUT2D eigenvalue weighted by atomic mass is 32.2. The summed E-state index contributed by atoms with van der Waals surface area (Å²) in [5.74, 6) is 1.12. The highest BCUT2D eigenvalue weighted by Crippen LogP contribution is 2.34. The Morgan fingerprint density at radius 1 is 1.08 bits per heavy atom. The van der Waals surface area contributed by atoms with E-state index in [9.17, 15) is 8.42 Å². The third-order valence-electron chi connectivity index (χ3n) is 5.49. The molecular formula is C18H26N4O3S. The predicted molar refractivity (Wildman–Crippen MR) is 97.5 cm³/mol. The van der Waals surface area contributed by atoms with Crippen LogP contribution >= 0.6 is 0 Å². The van der Waals surface area contributed by atoms with Crippen LogP contribution in [0.3, 0.4) is 0 Å². The maximum absolute atomic E-state index is 11.9. The summed E-state index contributed by atoms with van der Waals surface area (Å²) in [6.07, 6.45) is 1.82. The zero-order valence-corrected chi connectivity index (χ0v) is 16.3. The van der Waals surface area contributed by atoms with E-state index in [0.29, 0.717) is 25.0 Å². The van der Waals surface area contributed by atoms with Gasteiger partial charge in [-0.2, -0.15) is 10.2 Å². The van der Waals surface area contributed by atoms with Crippen molar-refractivity contribution in [2.45, 2.75) is 63.6 Å². The van der Waals surface area contributed by atoms with E-state index in [1.165, 1.54) is 11.3 Å². The van der Waals surface area contributed by atoms with Crippen molar-refractivity contribution in [1.82, 2.24) is 20.4 Å². The Morgan fingerprint density at radius 2 is 1.81 bits per heavy atom. The fourth-order valence-electron chi connectivity index (χ4n) is 4.26. The van der Waals surface area contributed by atoms with Crippen molar-refractivity contribution < 1.29 is 13.2 Å². The number of hydrogen-bond donors (Lipinski definition) is 2. The topological polar surface area (TPSA) is 101 Å². The monoisotopic (exact) mass is 378 g/mol. The van der Waals surface area contributed by atoms with Crippen LogP contribution in [0.5, 0.6) is 0 Å². The zero-order valence-electron chi connectivity index (χ0n) is 15.5. The summed E-state index contributed by atoms with van der Waals surface area (Å²) in [5.41, 5.74) is 6.04. The van der Waals surface area contributed by atoms with Gasteiger partial charge >= 0.3 is 0 Å². The van der Waals surface area contributed by atoms with Gasteiger partial charge in [0.1, 0.15) is 0 Å². The van der Waals surface area contributed by atoms with Gasteiger partial charge in [-0.1, -0.05) is 20.8 Å². The molecule has 2 N–H and O–H groups in total. The molecule has 142 valence electrons. The zero-order chi connectivity index (χ0) is 18.5. The van der Waals surface area contributed by atoms with Gasteiger partial charge in [-0.05, 0) is 24.7 Å². The molecule has 0 saturated carbocycles. The second-order valence-electron chi connectivity index (χ2n) is 8.04. The molecule has 0 spiro atoms. The number of nitrogens with zero attached hydrogens (tertiary/aromatic N) is 2. The fraction of sp³-hybridized carbons (Fsp3) is 0.667. The van der Waals surface area contributed by atoms with Gasteiger partial charge in [-0.3, -0.25) is 10.2 Å². The molecule has 7 nitrogen and oxygen atoms in total. The average molecular weight is 378 g/mol. The van der Waals surface area contributed by atoms with Crippen molar-refractivity contribution in [2.24, 2.45) is 5.92 Å². The van der Waals surface area contributed by atoms with Gasteiger partial charge in [0.15, 0.2) is 9.84 Å². The summed E-state index contributed by atoms with van der Waals surface area (Å²) in [6, 6.07) is 0. The minimum absolute atomic E-state index is 0.0874. The summed E-state index contributed by atoms with van der Waals surface area (Å²) in [7, 11) is -3.01. The Hall–Kier alpha value is -1.67. The first-order chi connectivity index (χ1) is 12.3. The molecule has 0 amide bonds. The molecule has 4 rings (SSSR count). The summed E-state index contributed by atoms with van der Waals surface area (Å²) in [6.45, 7) is 7.73. The van der Waals surface area contributed by atoms with Crippen LogP contribution < -0.4 is 0 Å². The van der Waals surface area contributed by atoms with Gasteiger partial charge in [0.05, 0.1) is 41.8 Å². The molecular weight excluding hydrogens is 352 g/mol.